The largest absolute Gasteiger partial charge is 0.368 e. The fourth-order valence-corrected chi connectivity index (χ4v) is 3.72. The zero-order chi connectivity index (χ0) is 13.1. The van der Waals surface area contributed by atoms with E-state index in [4.69, 9.17) is 5.73 Å². The molecule has 0 aliphatic rings. The van der Waals surface area contributed by atoms with E-state index < -0.39 is 0 Å². The lowest BCUT2D eigenvalue weighted by molar-refractivity contribution is 1.19. The van der Waals surface area contributed by atoms with Crippen LogP contribution in [0.4, 0.5) is 5.95 Å². The van der Waals surface area contributed by atoms with Gasteiger partial charge in [0.25, 0.3) is 0 Å². The number of hydrogen-bond donors (Lipinski definition) is 1. The van der Waals surface area contributed by atoms with Gasteiger partial charge in [0.15, 0.2) is 0 Å². The van der Waals surface area contributed by atoms with Crippen molar-refractivity contribution in [2.24, 2.45) is 0 Å². The molecule has 19 heavy (non-hydrogen) atoms. The van der Waals surface area contributed by atoms with Crippen LogP contribution in [0.5, 0.6) is 0 Å². The molecule has 0 fully saturated rings. The van der Waals surface area contributed by atoms with Gasteiger partial charge in [-0.15, -0.1) is 11.3 Å². The Bertz CT molecular complexity index is 680. The molecule has 5 heteroatoms. The van der Waals surface area contributed by atoms with Crippen molar-refractivity contribution in [2.45, 2.75) is 9.10 Å². The van der Waals surface area contributed by atoms with Gasteiger partial charge >= 0.3 is 0 Å². The standard InChI is InChI=1S/C14H11N3S2/c15-14-16-9-8-11(17-14)12-6-7-13(19-12)18-10-4-2-1-3-5-10/h1-9H,(H2,15,16,17). The van der Waals surface area contributed by atoms with E-state index in [9.17, 15) is 0 Å². The van der Waals surface area contributed by atoms with Crippen molar-refractivity contribution in [3.05, 3.63) is 54.7 Å². The summed E-state index contributed by atoms with van der Waals surface area (Å²) in [7, 11) is 0. The SMILES string of the molecule is Nc1nccc(-c2ccc(Sc3ccccc3)s2)n1. The van der Waals surface area contributed by atoms with Gasteiger partial charge in [0.2, 0.25) is 5.95 Å². The molecule has 3 aromatic rings. The summed E-state index contributed by atoms with van der Waals surface area (Å²) in [6, 6.07) is 16.4. The number of nitrogens with zero attached hydrogens (tertiary/aromatic N) is 2. The molecule has 0 saturated carbocycles. The van der Waals surface area contributed by atoms with Crippen molar-refractivity contribution in [3.8, 4) is 10.6 Å². The van der Waals surface area contributed by atoms with Crippen LogP contribution in [-0.2, 0) is 0 Å². The average Bonchev–Trinajstić information content (AvgIpc) is 2.88. The third-order valence-electron chi connectivity index (χ3n) is 2.47. The maximum Gasteiger partial charge on any atom is 0.220 e. The Morgan fingerprint density at radius 2 is 1.84 bits per heavy atom. The molecule has 0 amide bonds. The smallest absolute Gasteiger partial charge is 0.220 e. The number of nitrogen functional groups attached to an aromatic ring is 1. The topological polar surface area (TPSA) is 51.8 Å². The monoisotopic (exact) mass is 285 g/mol. The van der Waals surface area contributed by atoms with Gasteiger partial charge in [-0.3, -0.25) is 0 Å². The molecule has 2 heterocycles. The molecule has 2 aromatic heterocycles. The summed E-state index contributed by atoms with van der Waals surface area (Å²) in [5, 5.41) is 0. The molecule has 0 aliphatic carbocycles. The van der Waals surface area contributed by atoms with Crippen LogP contribution in [0.15, 0.2) is 63.8 Å². The third-order valence-corrected chi connectivity index (χ3v) is 4.72. The van der Waals surface area contributed by atoms with Crippen LogP contribution < -0.4 is 5.73 Å². The van der Waals surface area contributed by atoms with Crippen molar-refractivity contribution in [3.63, 3.8) is 0 Å². The maximum atomic E-state index is 5.60. The maximum absolute atomic E-state index is 5.60. The number of thiophene rings is 1. The van der Waals surface area contributed by atoms with E-state index in [1.807, 2.05) is 24.3 Å². The zero-order valence-corrected chi connectivity index (χ0v) is 11.6. The van der Waals surface area contributed by atoms with Gasteiger partial charge in [0, 0.05) is 11.1 Å². The quantitative estimate of drug-likeness (QED) is 0.792. The fraction of sp³-hybridized carbons (Fsp3) is 0. The Hall–Kier alpha value is -1.85. The highest BCUT2D eigenvalue weighted by molar-refractivity contribution is 8.01. The predicted molar refractivity (Wildman–Crippen MR) is 80.3 cm³/mol. The molecule has 2 N–H and O–H groups in total. The Kier molecular flexibility index (Phi) is 3.48. The number of rotatable bonds is 3. The van der Waals surface area contributed by atoms with Crippen molar-refractivity contribution in [1.29, 1.82) is 0 Å². The Labute approximate surface area is 119 Å². The van der Waals surface area contributed by atoms with Gasteiger partial charge in [0.1, 0.15) is 0 Å². The number of aromatic nitrogens is 2. The van der Waals surface area contributed by atoms with Crippen LogP contribution >= 0.6 is 23.1 Å². The molecule has 1 aromatic carbocycles. The van der Waals surface area contributed by atoms with Crippen molar-refractivity contribution in [2.75, 3.05) is 5.73 Å². The van der Waals surface area contributed by atoms with Gasteiger partial charge in [-0.05, 0) is 30.3 Å². The first-order chi connectivity index (χ1) is 9.31. The second kappa shape index (κ2) is 5.42. The van der Waals surface area contributed by atoms with Crippen molar-refractivity contribution < 1.29 is 0 Å². The molecule has 3 rings (SSSR count). The summed E-state index contributed by atoms with van der Waals surface area (Å²) in [6.07, 6.45) is 1.68. The van der Waals surface area contributed by atoms with Crippen LogP contribution in [0.1, 0.15) is 0 Å². The molecule has 0 atom stereocenters. The van der Waals surface area contributed by atoms with Crippen molar-refractivity contribution in [1.82, 2.24) is 9.97 Å². The van der Waals surface area contributed by atoms with Gasteiger partial charge in [-0.25, -0.2) is 9.97 Å². The van der Waals surface area contributed by atoms with Gasteiger partial charge in [-0.2, -0.15) is 0 Å². The summed E-state index contributed by atoms with van der Waals surface area (Å²) in [5.41, 5.74) is 6.48. The molecule has 0 radical (unpaired) electrons. The summed E-state index contributed by atoms with van der Waals surface area (Å²) >= 11 is 3.46. The van der Waals surface area contributed by atoms with Gasteiger partial charge < -0.3 is 5.73 Å². The molecule has 0 bridgehead atoms. The lowest BCUT2D eigenvalue weighted by Crippen LogP contribution is -1.93. The second-order valence-corrected chi connectivity index (χ2v) is 6.29. The minimum Gasteiger partial charge on any atom is -0.368 e. The summed E-state index contributed by atoms with van der Waals surface area (Å²) in [6.45, 7) is 0. The molecule has 0 unspecified atom stereocenters. The van der Waals surface area contributed by atoms with E-state index in [0.717, 1.165) is 10.6 Å². The van der Waals surface area contributed by atoms with E-state index in [1.54, 1.807) is 29.3 Å². The number of anilines is 1. The molecule has 0 saturated heterocycles. The summed E-state index contributed by atoms with van der Waals surface area (Å²) in [4.78, 5) is 10.5. The summed E-state index contributed by atoms with van der Waals surface area (Å²) in [5.74, 6) is 0.308. The third kappa shape index (κ3) is 2.94. The Morgan fingerprint density at radius 3 is 2.63 bits per heavy atom. The van der Waals surface area contributed by atoms with Crippen LogP contribution in [0.2, 0.25) is 0 Å². The molecule has 0 spiro atoms. The molecular formula is C14H11N3S2. The molecule has 0 aliphatic heterocycles. The van der Waals surface area contributed by atoms with Crippen LogP contribution in [-0.4, -0.2) is 9.97 Å². The van der Waals surface area contributed by atoms with Crippen LogP contribution in [0, 0.1) is 0 Å². The Morgan fingerprint density at radius 1 is 1.00 bits per heavy atom. The first kappa shape index (κ1) is 12.2. The molecule has 3 nitrogen and oxygen atoms in total. The average molecular weight is 285 g/mol. The number of nitrogens with two attached hydrogens (primary N) is 1. The predicted octanol–water partition coefficient (Wildman–Crippen LogP) is 3.94. The number of hydrogen-bond acceptors (Lipinski definition) is 5. The molecular weight excluding hydrogens is 274 g/mol. The highest BCUT2D eigenvalue weighted by atomic mass is 32.2. The first-order valence-electron chi connectivity index (χ1n) is 5.73. The van der Waals surface area contributed by atoms with Crippen LogP contribution in [0.25, 0.3) is 10.6 Å². The normalized spacial score (nSPS) is 10.5. The lowest BCUT2D eigenvalue weighted by atomic mass is 10.3. The van der Waals surface area contributed by atoms with Gasteiger partial charge in [-0.1, -0.05) is 30.0 Å². The van der Waals surface area contributed by atoms with Gasteiger partial charge in [0.05, 0.1) is 14.8 Å². The molecule has 94 valence electrons. The fourth-order valence-electron chi connectivity index (χ4n) is 1.63. The lowest BCUT2D eigenvalue weighted by Gasteiger charge is -1.98. The van der Waals surface area contributed by atoms with E-state index in [1.165, 1.54) is 9.10 Å². The minimum atomic E-state index is 0.308. The van der Waals surface area contributed by atoms with Crippen molar-refractivity contribution >= 4 is 29.0 Å². The highest BCUT2D eigenvalue weighted by Gasteiger charge is 2.06. The van der Waals surface area contributed by atoms with E-state index in [0.29, 0.717) is 5.95 Å². The first-order valence-corrected chi connectivity index (χ1v) is 7.36. The second-order valence-electron chi connectivity index (χ2n) is 3.83. The Balaban J connectivity index is 1.84. The van der Waals surface area contributed by atoms with E-state index in [2.05, 4.69) is 34.2 Å². The minimum absolute atomic E-state index is 0.308. The van der Waals surface area contributed by atoms with E-state index in [-0.39, 0.29) is 0 Å². The van der Waals surface area contributed by atoms with Crippen LogP contribution in [0.3, 0.4) is 0 Å². The summed E-state index contributed by atoms with van der Waals surface area (Å²) < 4.78 is 1.23. The zero-order valence-electron chi connectivity index (χ0n) is 9.98. The van der Waals surface area contributed by atoms with E-state index >= 15 is 0 Å². The highest BCUT2D eigenvalue weighted by Crippen LogP contribution is 2.36. The number of benzene rings is 1.